The van der Waals surface area contributed by atoms with Crippen molar-refractivity contribution in [2.45, 2.75) is 49.4 Å². The van der Waals surface area contributed by atoms with Crippen LogP contribution in [0.15, 0.2) is 0 Å². The highest BCUT2D eigenvalue weighted by Crippen LogP contribution is 2.24. The molecule has 0 N–H and O–H groups in total. The molecule has 0 aliphatic rings. The van der Waals surface area contributed by atoms with E-state index in [4.69, 9.17) is 0 Å². The molecule has 68 valence electrons. The van der Waals surface area contributed by atoms with Gasteiger partial charge >= 0.3 is 0 Å². The second-order valence-electron chi connectivity index (χ2n) is 3.57. The Hall–Kier alpha value is 1.46. The summed E-state index contributed by atoms with van der Waals surface area (Å²) in [7, 11) is 0. The van der Waals surface area contributed by atoms with Crippen LogP contribution >= 0.6 is 45.2 Å². The largest absolute Gasteiger partial charge is 0.0864 e. The van der Waals surface area contributed by atoms with Crippen molar-refractivity contribution in [3.63, 3.8) is 0 Å². The lowest BCUT2D eigenvalue weighted by atomic mass is 10.0. The molecule has 0 radical (unpaired) electrons. The Bertz CT molecular complexity index is 84.1. The lowest BCUT2D eigenvalue weighted by Gasteiger charge is -2.14. The van der Waals surface area contributed by atoms with Crippen LogP contribution in [0.3, 0.4) is 0 Å². The first kappa shape index (κ1) is 12.5. The molecule has 0 saturated carbocycles. The molecule has 0 aromatic rings. The fraction of sp³-hybridized carbons (Fsp3) is 1.00. The number of rotatable bonds is 6. The Morgan fingerprint density at radius 3 is 2.00 bits per heavy atom. The van der Waals surface area contributed by atoms with Gasteiger partial charge in [-0.3, -0.25) is 0 Å². The van der Waals surface area contributed by atoms with Crippen LogP contribution < -0.4 is 0 Å². The standard InChI is InChI=1S/C9H18I2/c1-9(2,11)7-5-3-4-6-8-10/h3-8H2,1-2H3. The molecule has 0 aliphatic heterocycles. The van der Waals surface area contributed by atoms with Gasteiger partial charge in [0.15, 0.2) is 0 Å². The van der Waals surface area contributed by atoms with Crippen molar-refractivity contribution >= 4 is 45.2 Å². The summed E-state index contributed by atoms with van der Waals surface area (Å²) in [6, 6.07) is 0. The summed E-state index contributed by atoms with van der Waals surface area (Å²) in [6.07, 6.45) is 7.04. The number of unbranched alkanes of at least 4 members (excludes halogenated alkanes) is 3. The van der Waals surface area contributed by atoms with E-state index in [0.717, 1.165) is 0 Å². The third-order valence-electron chi connectivity index (χ3n) is 1.65. The van der Waals surface area contributed by atoms with Gasteiger partial charge in [-0.15, -0.1) is 0 Å². The quantitative estimate of drug-likeness (QED) is 0.360. The average Bonchev–Trinajstić information content (AvgIpc) is 1.85. The predicted molar refractivity (Wildman–Crippen MR) is 70.1 cm³/mol. The Kier molecular flexibility index (Phi) is 7.84. The molecule has 0 atom stereocenters. The van der Waals surface area contributed by atoms with Crippen LogP contribution in [0.2, 0.25) is 0 Å². The maximum Gasteiger partial charge on any atom is 0.0166 e. The minimum atomic E-state index is 0.516. The van der Waals surface area contributed by atoms with Crippen molar-refractivity contribution in [1.82, 2.24) is 0 Å². The second-order valence-corrected chi connectivity index (χ2v) is 7.57. The van der Waals surface area contributed by atoms with E-state index in [1.807, 2.05) is 0 Å². The minimum Gasteiger partial charge on any atom is -0.0864 e. The summed E-state index contributed by atoms with van der Waals surface area (Å²) in [5.74, 6) is 0. The molecule has 0 nitrogen and oxygen atoms in total. The van der Waals surface area contributed by atoms with Gasteiger partial charge in [0.05, 0.1) is 0 Å². The molecular weight excluding hydrogens is 362 g/mol. The highest BCUT2D eigenvalue weighted by molar-refractivity contribution is 14.1. The lowest BCUT2D eigenvalue weighted by Crippen LogP contribution is -2.07. The Morgan fingerprint density at radius 2 is 1.55 bits per heavy atom. The average molecular weight is 380 g/mol. The van der Waals surface area contributed by atoms with Gasteiger partial charge in [-0.25, -0.2) is 0 Å². The normalized spacial score (nSPS) is 12.0. The molecule has 0 aliphatic carbocycles. The van der Waals surface area contributed by atoms with Gasteiger partial charge < -0.3 is 0 Å². The van der Waals surface area contributed by atoms with E-state index in [9.17, 15) is 0 Å². The van der Waals surface area contributed by atoms with E-state index >= 15 is 0 Å². The SMILES string of the molecule is CC(C)(I)CCCCCCI. The van der Waals surface area contributed by atoms with Gasteiger partial charge in [0.25, 0.3) is 0 Å². The molecule has 2 heteroatoms. The van der Waals surface area contributed by atoms with E-state index in [1.54, 1.807) is 0 Å². The second kappa shape index (κ2) is 6.92. The van der Waals surface area contributed by atoms with Gasteiger partial charge in [-0.2, -0.15) is 0 Å². The van der Waals surface area contributed by atoms with Crippen LogP contribution in [0.25, 0.3) is 0 Å². The summed E-state index contributed by atoms with van der Waals surface area (Å²) in [5.41, 5.74) is 0. The van der Waals surface area contributed by atoms with Crippen molar-refractivity contribution in [1.29, 1.82) is 0 Å². The first-order chi connectivity index (χ1) is 5.06. The monoisotopic (exact) mass is 380 g/mol. The van der Waals surface area contributed by atoms with Gasteiger partial charge in [-0.1, -0.05) is 78.3 Å². The number of alkyl halides is 2. The van der Waals surface area contributed by atoms with Gasteiger partial charge in [0.2, 0.25) is 0 Å². The lowest BCUT2D eigenvalue weighted by molar-refractivity contribution is 0.577. The first-order valence-electron chi connectivity index (χ1n) is 4.31. The number of hydrogen-bond acceptors (Lipinski definition) is 0. The molecule has 0 unspecified atom stereocenters. The summed E-state index contributed by atoms with van der Waals surface area (Å²) in [4.78, 5) is 0. The zero-order valence-corrected chi connectivity index (χ0v) is 11.8. The van der Waals surface area contributed by atoms with Gasteiger partial charge in [0.1, 0.15) is 0 Å². The van der Waals surface area contributed by atoms with E-state index in [0.29, 0.717) is 3.42 Å². The molecular formula is C9H18I2. The molecule has 11 heavy (non-hydrogen) atoms. The van der Waals surface area contributed by atoms with Crippen LogP contribution in [0.4, 0.5) is 0 Å². The highest BCUT2D eigenvalue weighted by atomic mass is 127. The van der Waals surface area contributed by atoms with Crippen molar-refractivity contribution in [3.05, 3.63) is 0 Å². The summed E-state index contributed by atoms with van der Waals surface area (Å²) in [6.45, 7) is 4.62. The summed E-state index contributed by atoms with van der Waals surface area (Å²) >= 11 is 4.99. The summed E-state index contributed by atoms with van der Waals surface area (Å²) in [5, 5.41) is 0. The number of hydrogen-bond donors (Lipinski definition) is 0. The fourth-order valence-electron chi connectivity index (χ4n) is 0.993. The molecule has 0 fully saturated rings. The van der Waals surface area contributed by atoms with E-state index in [-0.39, 0.29) is 0 Å². The van der Waals surface area contributed by atoms with Crippen molar-refractivity contribution < 1.29 is 0 Å². The van der Waals surface area contributed by atoms with Crippen LogP contribution in [0.1, 0.15) is 46.0 Å². The van der Waals surface area contributed by atoms with E-state index < -0.39 is 0 Å². The van der Waals surface area contributed by atoms with Gasteiger partial charge in [-0.05, 0) is 17.3 Å². The summed E-state index contributed by atoms with van der Waals surface area (Å²) < 4.78 is 1.84. The van der Waals surface area contributed by atoms with E-state index in [1.165, 1.54) is 36.5 Å². The van der Waals surface area contributed by atoms with Crippen LogP contribution in [-0.4, -0.2) is 7.85 Å². The maximum atomic E-state index is 2.54. The Morgan fingerprint density at radius 1 is 1.00 bits per heavy atom. The Labute approximate surface area is 98.2 Å². The smallest absolute Gasteiger partial charge is 0.0166 e. The van der Waals surface area contributed by atoms with Crippen LogP contribution in [0, 0.1) is 0 Å². The van der Waals surface area contributed by atoms with E-state index in [2.05, 4.69) is 59.0 Å². The maximum absolute atomic E-state index is 2.54. The fourth-order valence-corrected chi connectivity index (χ4v) is 1.91. The van der Waals surface area contributed by atoms with Crippen molar-refractivity contribution in [2.24, 2.45) is 0 Å². The molecule has 0 aromatic heterocycles. The zero-order chi connectivity index (χ0) is 8.74. The molecule has 0 saturated heterocycles. The first-order valence-corrected chi connectivity index (χ1v) is 6.91. The van der Waals surface area contributed by atoms with Crippen molar-refractivity contribution in [2.75, 3.05) is 4.43 Å². The zero-order valence-electron chi connectivity index (χ0n) is 7.50. The van der Waals surface area contributed by atoms with Gasteiger partial charge in [0, 0.05) is 3.42 Å². The third kappa shape index (κ3) is 11.5. The molecule has 0 bridgehead atoms. The number of halogens is 2. The topological polar surface area (TPSA) is 0 Å². The molecule has 0 heterocycles. The molecule has 0 amide bonds. The predicted octanol–water partition coefficient (Wildman–Crippen LogP) is 4.59. The third-order valence-corrected chi connectivity index (χ3v) is 2.96. The highest BCUT2D eigenvalue weighted by Gasteiger charge is 2.10. The molecule has 0 rings (SSSR count). The Balaban J connectivity index is 3.02. The molecule has 0 aromatic carbocycles. The minimum absolute atomic E-state index is 0.516. The van der Waals surface area contributed by atoms with Crippen LogP contribution in [-0.2, 0) is 0 Å². The van der Waals surface area contributed by atoms with Crippen LogP contribution in [0.5, 0.6) is 0 Å². The molecule has 0 spiro atoms. The van der Waals surface area contributed by atoms with Crippen molar-refractivity contribution in [3.8, 4) is 0 Å².